The highest BCUT2D eigenvalue weighted by Gasteiger charge is 2.39. The van der Waals surface area contributed by atoms with Gasteiger partial charge in [0.15, 0.2) is 0 Å². The van der Waals surface area contributed by atoms with Gasteiger partial charge in [-0.3, -0.25) is 4.79 Å². The number of sulfonamides is 1. The van der Waals surface area contributed by atoms with Crippen LogP contribution in [0.5, 0.6) is 0 Å². The predicted octanol–water partition coefficient (Wildman–Crippen LogP) is 2.88. The molecule has 0 aromatic heterocycles. The normalized spacial score (nSPS) is 27.1. The number of hydrogen-bond donors (Lipinski definition) is 1. The highest BCUT2D eigenvalue weighted by molar-refractivity contribution is 7.89. The smallest absolute Gasteiger partial charge is 0.248 e. The first-order chi connectivity index (χ1) is 10.2. The molecule has 0 bridgehead atoms. The molecule has 2 aliphatic carbocycles. The highest BCUT2D eigenvalue weighted by atomic mass is 32.2. The standard InChI is InChI=1S/C15H25F2NO3S/c1-11(10-22(20,21)18-13-5-2-6-13)8-14(19)12-4-3-7-15(16,17)9-12/h11-13,18H,2-10H2,1H3/t11-,12?/m0/s1. The summed E-state index contributed by atoms with van der Waals surface area (Å²) in [7, 11) is -3.39. The molecular formula is C15H25F2NO3S. The van der Waals surface area contributed by atoms with Crippen LogP contribution in [0.15, 0.2) is 0 Å². The molecule has 1 unspecified atom stereocenters. The summed E-state index contributed by atoms with van der Waals surface area (Å²) in [4.78, 5) is 12.1. The van der Waals surface area contributed by atoms with Gasteiger partial charge in [0.25, 0.3) is 0 Å². The minimum Gasteiger partial charge on any atom is -0.299 e. The van der Waals surface area contributed by atoms with E-state index in [1.165, 1.54) is 0 Å². The van der Waals surface area contributed by atoms with Crippen LogP contribution in [0.4, 0.5) is 8.78 Å². The molecule has 0 saturated heterocycles. The van der Waals surface area contributed by atoms with Crippen molar-refractivity contribution in [3.05, 3.63) is 0 Å². The molecule has 0 radical (unpaired) electrons. The van der Waals surface area contributed by atoms with Gasteiger partial charge in [0, 0.05) is 31.2 Å². The van der Waals surface area contributed by atoms with Gasteiger partial charge in [-0.2, -0.15) is 0 Å². The molecule has 0 aromatic carbocycles. The van der Waals surface area contributed by atoms with Gasteiger partial charge >= 0.3 is 0 Å². The molecule has 0 aromatic rings. The molecular weight excluding hydrogens is 312 g/mol. The van der Waals surface area contributed by atoms with E-state index in [0.29, 0.717) is 12.8 Å². The SMILES string of the molecule is C[C@@H](CC(=O)C1CCCC(F)(F)C1)CS(=O)(=O)NC1CCC1. The van der Waals surface area contributed by atoms with Gasteiger partial charge in [0.05, 0.1) is 5.75 Å². The Hall–Kier alpha value is -0.560. The van der Waals surface area contributed by atoms with E-state index in [4.69, 9.17) is 0 Å². The first kappa shape index (κ1) is 17.8. The fourth-order valence-corrected chi connectivity index (χ4v) is 4.93. The molecule has 2 aliphatic rings. The second-order valence-corrected chi connectivity index (χ2v) is 8.75. The van der Waals surface area contributed by atoms with E-state index in [2.05, 4.69) is 4.72 Å². The third-order valence-electron chi connectivity index (χ3n) is 4.60. The lowest BCUT2D eigenvalue weighted by atomic mass is 9.81. The Morgan fingerprint density at radius 3 is 2.50 bits per heavy atom. The van der Waals surface area contributed by atoms with Gasteiger partial charge in [-0.05, 0) is 31.6 Å². The van der Waals surface area contributed by atoms with Crippen molar-refractivity contribution in [1.29, 1.82) is 0 Å². The number of ketones is 1. The Bertz CT molecular complexity index is 503. The minimum atomic E-state index is -3.39. The summed E-state index contributed by atoms with van der Waals surface area (Å²) < 4.78 is 53.3. The molecule has 22 heavy (non-hydrogen) atoms. The third-order valence-corrected chi connectivity index (χ3v) is 6.30. The Morgan fingerprint density at radius 1 is 1.27 bits per heavy atom. The van der Waals surface area contributed by atoms with E-state index in [0.717, 1.165) is 19.3 Å². The maximum absolute atomic E-state index is 13.4. The second-order valence-electron chi connectivity index (χ2n) is 6.95. The lowest BCUT2D eigenvalue weighted by Crippen LogP contribution is -2.42. The summed E-state index contributed by atoms with van der Waals surface area (Å²) in [5.74, 6) is -4.04. The van der Waals surface area contributed by atoms with Gasteiger partial charge in [-0.1, -0.05) is 13.3 Å². The lowest BCUT2D eigenvalue weighted by molar-refractivity contribution is -0.130. The van der Waals surface area contributed by atoms with Crippen molar-refractivity contribution in [2.75, 3.05) is 5.75 Å². The van der Waals surface area contributed by atoms with Gasteiger partial charge in [0.1, 0.15) is 5.78 Å². The summed E-state index contributed by atoms with van der Waals surface area (Å²) in [5.41, 5.74) is 0. The first-order valence-electron chi connectivity index (χ1n) is 8.07. The zero-order chi connectivity index (χ0) is 16.4. The molecule has 0 aliphatic heterocycles. The minimum absolute atomic E-state index is 0.0323. The van der Waals surface area contributed by atoms with Crippen LogP contribution in [0.25, 0.3) is 0 Å². The molecule has 2 saturated carbocycles. The molecule has 2 atom stereocenters. The summed E-state index contributed by atoms with van der Waals surface area (Å²) in [6, 6.07) is 0.0323. The van der Waals surface area contributed by atoms with Crippen LogP contribution >= 0.6 is 0 Å². The van der Waals surface area contributed by atoms with Crippen LogP contribution in [0.2, 0.25) is 0 Å². The van der Waals surface area contributed by atoms with Crippen LogP contribution in [0.1, 0.15) is 58.3 Å². The molecule has 4 nitrogen and oxygen atoms in total. The van der Waals surface area contributed by atoms with Gasteiger partial charge in [0.2, 0.25) is 15.9 Å². The number of nitrogens with one attached hydrogen (secondary N) is 1. The third kappa shape index (κ3) is 5.26. The predicted molar refractivity (Wildman–Crippen MR) is 80.3 cm³/mol. The number of halogens is 2. The zero-order valence-corrected chi connectivity index (χ0v) is 13.8. The van der Waals surface area contributed by atoms with E-state index in [-0.39, 0.29) is 42.8 Å². The van der Waals surface area contributed by atoms with Crippen molar-refractivity contribution in [2.45, 2.75) is 70.3 Å². The number of carbonyl (C=O) groups excluding carboxylic acids is 1. The van der Waals surface area contributed by atoms with Gasteiger partial charge < -0.3 is 0 Å². The maximum Gasteiger partial charge on any atom is 0.248 e. The summed E-state index contributed by atoms with van der Waals surface area (Å²) >= 11 is 0. The van der Waals surface area contributed by atoms with E-state index >= 15 is 0 Å². The summed E-state index contributed by atoms with van der Waals surface area (Å²) in [6.45, 7) is 1.69. The zero-order valence-electron chi connectivity index (χ0n) is 13.0. The number of hydrogen-bond acceptors (Lipinski definition) is 3. The average molecular weight is 337 g/mol. The first-order valence-corrected chi connectivity index (χ1v) is 9.73. The summed E-state index contributed by atoms with van der Waals surface area (Å²) in [6.07, 6.45) is 3.15. The van der Waals surface area contributed by atoms with E-state index in [9.17, 15) is 22.0 Å². The van der Waals surface area contributed by atoms with E-state index in [1.54, 1.807) is 6.92 Å². The van der Waals surface area contributed by atoms with Gasteiger partial charge in [-0.15, -0.1) is 0 Å². The fourth-order valence-electron chi connectivity index (χ4n) is 3.22. The molecule has 2 fully saturated rings. The Balaban J connectivity index is 1.80. The fraction of sp³-hybridized carbons (Fsp3) is 0.933. The average Bonchev–Trinajstić information content (AvgIpc) is 2.32. The number of Topliss-reactive ketones (excluding diaryl/α,β-unsaturated/α-hetero) is 1. The van der Waals surface area contributed by atoms with E-state index in [1.807, 2.05) is 0 Å². The van der Waals surface area contributed by atoms with Crippen LogP contribution < -0.4 is 4.72 Å². The molecule has 1 N–H and O–H groups in total. The Kier molecular flexibility index (Phi) is 5.59. The highest BCUT2D eigenvalue weighted by Crippen LogP contribution is 2.37. The van der Waals surface area contributed by atoms with Crippen molar-refractivity contribution < 1.29 is 22.0 Å². The second kappa shape index (κ2) is 6.91. The van der Waals surface area contributed by atoms with Crippen molar-refractivity contribution in [3.8, 4) is 0 Å². The van der Waals surface area contributed by atoms with Crippen LogP contribution in [0.3, 0.4) is 0 Å². The topological polar surface area (TPSA) is 63.2 Å². The van der Waals surface area contributed by atoms with Crippen molar-refractivity contribution in [3.63, 3.8) is 0 Å². The Labute approximate surface area is 131 Å². The van der Waals surface area contributed by atoms with Crippen LogP contribution in [-0.4, -0.2) is 31.9 Å². The van der Waals surface area contributed by atoms with Crippen LogP contribution in [0, 0.1) is 11.8 Å². The molecule has 0 amide bonds. The van der Waals surface area contributed by atoms with Gasteiger partial charge in [-0.25, -0.2) is 21.9 Å². The molecule has 2 rings (SSSR count). The quantitative estimate of drug-likeness (QED) is 0.777. The summed E-state index contributed by atoms with van der Waals surface area (Å²) in [5, 5.41) is 0. The molecule has 128 valence electrons. The maximum atomic E-state index is 13.4. The monoisotopic (exact) mass is 337 g/mol. The van der Waals surface area contributed by atoms with Crippen molar-refractivity contribution in [2.24, 2.45) is 11.8 Å². The van der Waals surface area contributed by atoms with Crippen molar-refractivity contribution >= 4 is 15.8 Å². The number of rotatable bonds is 7. The van der Waals surface area contributed by atoms with Crippen LogP contribution in [-0.2, 0) is 14.8 Å². The molecule has 7 heteroatoms. The molecule has 0 heterocycles. The van der Waals surface area contributed by atoms with E-state index < -0.39 is 21.9 Å². The molecule has 0 spiro atoms. The van der Waals surface area contributed by atoms with Crippen molar-refractivity contribution in [1.82, 2.24) is 4.72 Å². The number of alkyl halides is 2. The lowest BCUT2D eigenvalue weighted by Gasteiger charge is -2.29. The number of carbonyl (C=O) groups is 1. The largest absolute Gasteiger partial charge is 0.299 e. The Morgan fingerprint density at radius 2 is 1.95 bits per heavy atom.